The molecule has 31 atom stereocenters. The van der Waals surface area contributed by atoms with Crippen LogP contribution in [-0.4, -0.2) is 246 Å². The highest BCUT2D eigenvalue weighted by molar-refractivity contribution is 5.89. The molecule has 418 valence electrons. The summed E-state index contributed by atoms with van der Waals surface area (Å²) in [6.07, 6.45) is -30.5. The molecule has 6 saturated heterocycles. The minimum Gasteiger partial charge on any atom is -0.394 e. The van der Waals surface area contributed by atoms with Crippen molar-refractivity contribution in [3.8, 4) is 0 Å². The van der Waals surface area contributed by atoms with Crippen LogP contribution in [0.25, 0.3) is 0 Å². The monoisotopic (exact) mass is 1050 g/mol. The Bertz CT molecular complexity index is 1940. The molecule has 0 aromatic carbocycles. The van der Waals surface area contributed by atoms with Gasteiger partial charge in [0.05, 0.1) is 51.3 Å². The van der Waals surface area contributed by atoms with Gasteiger partial charge >= 0.3 is 0 Å². The standard InChI is InChI=1S/C49H78O24/c1-18-5-8-49(66-15-18)19(2)31-26(73-49)10-22-20-9-30(55)48(63)12-27(23(52)11-47(48,4)21(20)6-7-46(22,31)3)67-43-38(62)35(59)40(29(14-51)69-43)71-45-41(72-44-37(61)34(58)33(57)28(13-50)68-44)39(25(54)17-65-45)70-42-36(60)32(56)24(53)16-64-42/h18-29,31-45,50-54,56-63H,5-17H2,1-4H3/t18?,19-,20?,21?,22?,23+,24+,25+,26?,27?,28?,29?,31?,32?,33?,34?,35?,36?,37?,38?,39?,40-,41?,42-,43-,44?,45-,46-,47+,48-,49+/m0/s1. The first-order chi connectivity index (χ1) is 34.5. The lowest BCUT2D eigenvalue weighted by Crippen LogP contribution is -2.70. The first kappa shape index (κ1) is 55.1. The number of aliphatic hydroxyl groups excluding tert-OH is 12. The molecule has 10 aliphatic rings. The van der Waals surface area contributed by atoms with Gasteiger partial charge in [0.2, 0.25) is 0 Å². The molecule has 6 heterocycles. The van der Waals surface area contributed by atoms with E-state index in [9.17, 15) is 71.2 Å². The van der Waals surface area contributed by atoms with Crippen LogP contribution in [0.3, 0.4) is 0 Å². The van der Waals surface area contributed by atoms with Gasteiger partial charge in [-0.2, -0.15) is 0 Å². The van der Waals surface area contributed by atoms with Crippen LogP contribution in [0.2, 0.25) is 0 Å². The van der Waals surface area contributed by atoms with Gasteiger partial charge in [-0.25, -0.2) is 0 Å². The fraction of sp³-hybridized carbons (Fsp3) is 0.980. The summed E-state index contributed by atoms with van der Waals surface area (Å²) in [5.41, 5.74) is -3.10. The van der Waals surface area contributed by atoms with Crippen molar-refractivity contribution in [2.24, 2.45) is 46.3 Å². The lowest BCUT2D eigenvalue weighted by atomic mass is 9.42. The number of hydrogen-bond donors (Lipinski definition) is 13. The Labute approximate surface area is 422 Å². The van der Waals surface area contributed by atoms with Gasteiger partial charge in [0, 0.05) is 30.6 Å². The number of Topliss-reactive ketones (excluding diaryl/α,β-unsaturated/α-hetero) is 1. The maximum atomic E-state index is 14.6. The van der Waals surface area contributed by atoms with Gasteiger partial charge in [-0.1, -0.05) is 27.7 Å². The zero-order chi connectivity index (χ0) is 52.4. The summed E-state index contributed by atoms with van der Waals surface area (Å²) in [6, 6.07) is 0. The molecule has 24 nitrogen and oxygen atoms in total. The number of aliphatic hydroxyl groups is 13. The van der Waals surface area contributed by atoms with E-state index in [-0.39, 0.29) is 66.2 Å². The van der Waals surface area contributed by atoms with Gasteiger partial charge in [-0.05, 0) is 67.1 Å². The normalized spacial score (nSPS) is 58.3. The van der Waals surface area contributed by atoms with Crippen LogP contribution in [0.5, 0.6) is 0 Å². The summed E-state index contributed by atoms with van der Waals surface area (Å²) < 4.78 is 60.3. The summed E-state index contributed by atoms with van der Waals surface area (Å²) in [5.74, 6) is -0.0823. The average Bonchev–Trinajstić information content (AvgIpc) is 3.81. The summed E-state index contributed by atoms with van der Waals surface area (Å²) >= 11 is 0. The van der Waals surface area contributed by atoms with Crippen LogP contribution in [0.15, 0.2) is 0 Å². The molecule has 1 spiro atoms. The van der Waals surface area contributed by atoms with Gasteiger partial charge in [0.1, 0.15) is 91.1 Å². The predicted molar refractivity (Wildman–Crippen MR) is 239 cm³/mol. The van der Waals surface area contributed by atoms with E-state index in [1.54, 1.807) is 0 Å². The number of ether oxygens (including phenoxy) is 10. The molecule has 0 amide bonds. The second-order valence-electron chi connectivity index (χ2n) is 23.7. The quantitative estimate of drug-likeness (QED) is 0.0920. The van der Waals surface area contributed by atoms with E-state index in [1.807, 2.05) is 6.92 Å². The van der Waals surface area contributed by atoms with Gasteiger partial charge in [-0.15, -0.1) is 0 Å². The topological polar surface area (TPSA) is 372 Å². The molecule has 19 unspecified atom stereocenters. The predicted octanol–water partition coefficient (Wildman–Crippen LogP) is -4.37. The van der Waals surface area contributed by atoms with Crippen LogP contribution >= 0.6 is 0 Å². The van der Waals surface area contributed by atoms with Crippen molar-refractivity contribution in [2.45, 2.75) is 219 Å². The Balaban J connectivity index is 0.831. The van der Waals surface area contributed by atoms with Crippen molar-refractivity contribution in [1.29, 1.82) is 0 Å². The third kappa shape index (κ3) is 9.00. The second kappa shape index (κ2) is 20.4. The van der Waals surface area contributed by atoms with Crippen molar-refractivity contribution in [2.75, 3.05) is 33.0 Å². The molecule has 0 aromatic rings. The average molecular weight is 1050 g/mol. The first-order valence-electron chi connectivity index (χ1n) is 26.3. The fourth-order valence-electron chi connectivity index (χ4n) is 15.4. The Morgan fingerprint density at radius 3 is 1.95 bits per heavy atom. The van der Waals surface area contributed by atoms with E-state index < -0.39 is 166 Å². The molecule has 4 aliphatic carbocycles. The number of fused-ring (bicyclic) bond motifs is 7. The lowest BCUT2D eigenvalue weighted by molar-refractivity contribution is -0.395. The molecule has 24 heteroatoms. The molecule has 4 saturated carbocycles. The molecular formula is C49H78O24. The van der Waals surface area contributed by atoms with Gasteiger partial charge in [0.15, 0.2) is 36.7 Å². The largest absolute Gasteiger partial charge is 0.394 e. The van der Waals surface area contributed by atoms with E-state index in [1.165, 1.54) is 0 Å². The van der Waals surface area contributed by atoms with E-state index in [2.05, 4.69) is 20.8 Å². The van der Waals surface area contributed by atoms with Crippen LogP contribution in [0, 0.1) is 46.3 Å². The molecule has 0 bridgehead atoms. The van der Waals surface area contributed by atoms with Crippen molar-refractivity contribution in [3.63, 3.8) is 0 Å². The van der Waals surface area contributed by atoms with Crippen molar-refractivity contribution >= 4 is 5.78 Å². The number of rotatable bonds is 10. The summed E-state index contributed by atoms with van der Waals surface area (Å²) in [4.78, 5) is 14.6. The minimum absolute atomic E-state index is 0.00954. The van der Waals surface area contributed by atoms with Crippen LogP contribution in [0.1, 0.15) is 79.1 Å². The van der Waals surface area contributed by atoms with Crippen LogP contribution < -0.4 is 0 Å². The molecule has 6 aliphatic heterocycles. The highest BCUT2D eigenvalue weighted by Gasteiger charge is 2.73. The van der Waals surface area contributed by atoms with Crippen LogP contribution in [-0.2, 0) is 52.2 Å². The molecule has 10 rings (SSSR count). The Hall–Kier alpha value is -1.25. The Morgan fingerprint density at radius 1 is 0.616 bits per heavy atom. The SMILES string of the molecule is CC1CC[C@@]2(OC1)OC1CC3C4CC(=O)[C@@]5(O)CC(O[C@H]6OC(CO)[C@H](O[C@@H]7OC[C@@H](O)C(O[C@@H]8OC[C@@H](O)C(O)C8O)C7OC7OC(CO)C(O)C(O)C7O)C(O)C6O)[C@H](O)C[C@]5(C)C4CC[C@]3(C)C1[C@@H]2C. The fourth-order valence-corrected chi connectivity index (χ4v) is 15.4. The maximum absolute atomic E-state index is 14.6. The number of ketones is 1. The zero-order valence-corrected chi connectivity index (χ0v) is 41.6. The Kier molecular flexibility index (Phi) is 15.4. The highest BCUT2D eigenvalue weighted by atomic mass is 16.8. The number of hydrogen-bond acceptors (Lipinski definition) is 24. The smallest absolute Gasteiger partial charge is 0.187 e. The van der Waals surface area contributed by atoms with E-state index in [0.717, 1.165) is 32.1 Å². The number of carbonyl (C=O) groups is 1. The van der Waals surface area contributed by atoms with Gasteiger partial charge in [0.25, 0.3) is 0 Å². The third-order valence-electron chi connectivity index (χ3n) is 19.6. The van der Waals surface area contributed by atoms with E-state index in [4.69, 9.17) is 47.4 Å². The van der Waals surface area contributed by atoms with Crippen molar-refractivity contribution in [3.05, 3.63) is 0 Å². The molecule has 0 aromatic heterocycles. The zero-order valence-electron chi connectivity index (χ0n) is 41.6. The second-order valence-corrected chi connectivity index (χ2v) is 23.7. The number of carbonyl (C=O) groups excluding carboxylic acids is 1. The summed E-state index contributed by atoms with van der Waals surface area (Å²) in [7, 11) is 0. The maximum Gasteiger partial charge on any atom is 0.187 e. The van der Waals surface area contributed by atoms with Crippen molar-refractivity contribution < 1.29 is 119 Å². The summed E-state index contributed by atoms with van der Waals surface area (Å²) in [5, 5.41) is 143. The van der Waals surface area contributed by atoms with Gasteiger partial charge in [-0.3, -0.25) is 4.79 Å². The van der Waals surface area contributed by atoms with E-state index >= 15 is 0 Å². The third-order valence-corrected chi connectivity index (χ3v) is 19.6. The van der Waals surface area contributed by atoms with Gasteiger partial charge < -0.3 is 114 Å². The Morgan fingerprint density at radius 2 is 1.25 bits per heavy atom. The molecule has 73 heavy (non-hydrogen) atoms. The minimum atomic E-state index is -2.00. The molecule has 13 N–H and O–H groups in total. The molecule has 0 radical (unpaired) electrons. The summed E-state index contributed by atoms with van der Waals surface area (Å²) in [6.45, 7) is 6.47. The highest BCUT2D eigenvalue weighted by Crippen LogP contribution is 2.71. The molecular weight excluding hydrogens is 973 g/mol. The molecule has 10 fully saturated rings. The van der Waals surface area contributed by atoms with E-state index in [0.29, 0.717) is 12.5 Å². The van der Waals surface area contributed by atoms with Crippen molar-refractivity contribution in [1.82, 2.24) is 0 Å². The first-order valence-corrected chi connectivity index (χ1v) is 26.3. The van der Waals surface area contributed by atoms with Crippen LogP contribution in [0.4, 0.5) is 0 Å². The lowest BCUT2D eigenvalue weighted by Gasteiger charge is -2.64.